The number of anilines is 1. The Morgan fingerprint density at radius 1 is 1.04 bits per heavy atom. The minimum Gasteiger partial charge on any atom is -0.508 e. The summed E-state index contributed by atoms with van der Waals surface area (Å²) in [5, 5.41) is 15.7. The summed E-state index contributed by atoms with van der Waals surface area (Å²) < 4.78 is 0. The number of carbonyl (C=O) groups is 2. The summed E-state index contributed by atoms with van der Waals surface area (Å²) >= 11 is 5.89. The molecule has 3 rings (SSSR count). The highest BCUT2D eigenvalue weighted by atomic mass is 35.5. The van der Waals surface area contributed by atoms with Gasteiger partial charge in [0, 0.05) is 41.4 Å². The second kappa shape index (κ2) is 8.96. The van der Waals surface area contributed by atoms with E-state index in [9.17, 15) is 14.7 Å². The molecule has 0 bridgehead atoms. The van der Waals surface area contributed by atoms with E-state index in [0.29, 0.717) is 22.8 Å². The van der Waals surface area contributed by atoms with Crippen LogP contribution in [0.1, 0.15) is 21.6 Å². The molecule has 1 aromatic carbocycles. The Labute approximate surface area is 166 Å². The number of amides is 2. The Morgan fingerprint density at radius 2 is 1.82 bits per heavy atom. The van der Waals surface area contributed by atoms with E-state index < -0.39 is 0 Å². The zero-order valence-electron chi connectivity index (χ0n) is 14.7. The molecule has 2 amide bonds. The predicted molar refractivity (Wildman–Crippen MR) is 105 cm³/mol. The van der Waals surface area contributed by atoms with Crippen LogP contribution in [0.25, 0.3) is 0 Å². The van der Waals surface area contributed by atoms with E-state index in [1.807, 2.05) is 0 Å². The van der Waals surface area contributed by atoms with Crippen molar-refractivity contribution in [3.05, 3.63) is 82.9 Å². The molecule has 0 fully saturated rings. The number of phenols is 1. The van der Waals surface area contributed by atoms with Crippen LogP contribution in [0.3, 0.4) is 0 Å². The lowest BCUT2D eigenvalue weighted by molar-refractivity contribution is -0.115. The van der Waals surface area contributed by atoms with Crippen molar-refractivity contribution in [2.24, 2.45) is 0 Å². The number of pyridine rings is 2. The third-order valence-electron chi connectivity index (χ3n) is 3.87. The van der Waals surface area contributed by atoms with Gasteiger partial charge in [0.05, 0.1) is 6.42 Å². The molecule has 0 aliphatic heterocycles. The fourth-order valence-electron chi connectivity index (χ4n) is 2.48. The summed E-state index contributed by atoms with van der Waals surface area (Å²) in [6.07, 6.45) is 4.67. The maximum absolute atomic E-state index is 12.3. The molecule has 0 saturated heterocycles. The van der Waals surface area contributed by atoms with Gasteiger partial charge in [0.15, 0.2) is 0 Å². The summed E-state index contributed by atoms with van der Waals surface area (Å²) in [6.45, 7) is 0.341. The Kier molecular flexibility index (Phi) is 6.18. The van der Waals surface area contributed by atoms with Crippen LogP contribution in [0.4, 0.5) is 5.69 Å². The first-order valence-corrected chi connectivity index (χ1v) is 8.79. The van der Waals surface area contributed by atoms with Gasteiger partial charge in [-0.25, -0.2) is 0 Å². The molecule has 0 aliphatic carbocycles. The van der Waals surface area contributed by atoms with Gasteiger partial charge in [-0.3, -0.25) is 19.6 Å². The Bertz CT molecular complexity index is 996. The van der Waals surface area contributed by atoms with Crippen LogP contribution in [0.2, 0.25) is 5.02 Å². The molecule has 2 heterocycles. The quantitative estimate of drug-likeness (QED) is 0.594. The summed E-state index contributed by atoms with van der Waals surface area (Å²) in [4.78, 5) is 32.5. The highest BCUT2D eigenvalue weighted by Crippen LogP contribution is 2.22. The number of aromatic nitrogens is 2. The zero-order chi connectivity index (χ0) is 19.9. The monoisotopic (exact) mass is 396 g/mol. The highest BCUT2D eigenvalue weighted by Gasteiger charge is 2.12. The third kappa shape index (κ3) is 5.28. The number of hydrogen-bond acceptors (Lipinski definition) is 5. The van der Waals surface area contributed by atoms with Crippen LogP contribution < -0.4 is 10.6 Å². The molecular weight excluding hydrogens is 380 g/mol. The Morgan fingerprint density at radius 3 is 2.61 bits per heavy atom. The summed E-state index contributed by atoms with van der Waals surface area (Å²) in [5.41, 5.74) is 1.93. The van der Waals surface area contributed by atoms with Crippen molar-refractivity contribution < 1.29 is 14.7 Å². The molecule has 0 saturated carbocycles. The average molecular weight is 397 g/mol. The number of carbonyl (C=O) groups excluding carboxylic acids is 2. The van der Waals surface area contributed by atoms with E-state index in [-0.39, 0.29) is 29.7 Å². The Hall–Kier alpha value is -3.45. The number of phenolic OH excluding ortho intramolecular Hbond substituents is 1. The van der Waals surface area contributed by atoms with Crippen LogP contribution in [0, 0.1) is 0 Å². The summed E-state index contributed by atoms with van der Waals surface area (Å²) in [6, 6.07) is 11.2. The van der Waals surface area contributed by atoms with E-state index in [1.165, 1.54) is 30.5 Å². The van der Waals surface area contributed by atoms with Crippen molar-refractivity contribution in [1.29, 1.82) is 0 Å². The number of nitrogens with one attached hydrogen (secondary N) is 2. The molecule has 7 nitrogen and oxygen atoms in total. The van der Waals surface area contributed by atoms with Crippen molar-refractivity contribution >= 4 is 29.1 Å². The van der Waals surface area contributed by atoms with E-state index in [1.54, 1.807) is 30.6 Å². The molecule has 142 valence electrons. The van der Waals surface area contributed by atoms with Crippen molar-refractivity contribution in [2.75, 3.05) is 5.32 Å². The van der Waals surface area contributed by atoms with Crippen molar-refractivity contribution in [2.45, 2.75) is 13.0 Å². The second-order valence-electron chi connectivity index (χ2n) is 5.97. The van der Waals surface area contributed by atoms with Crippen LogP contribution in [0.15, 0.2) is 61.1 Å². The molecule has 3 aromatic rings. The molecule has 2 aromatic heterocycles. The summed E-state index contributed by atoms with van der Waals surface area (Å²) in [5.74, 6) is -0.724. The van der Waals surface area contributed by atoms with E-state index >= 15 is 0 Å². The van der Waals surface area contributed by atoms with Gasteiger partial charge in [-0.15, -0.1) is 0 Å². The van der Waals surface area contributed by atoms with Gasteiger partial charge in [0.2, 0.25) is 5.91 Å². The van der Waals surface area contributed by atoms with Gasteiger partial charge in [0.25, 0.3) is 5.91 Å². The number of aromatic hydroxyl groups is 1. The maximum Gasteiger partial charge on any atom is 0.270 e. The Balaban J connectivity index is 1.61. The minimum absolute atomic E-state index is 0.00884. The van der Waals surface area contributed by atoms with Crippen LogP contribution >= 0.6 is 11.6 Å². The third-order valence-corrected chi connectivity index (χ3v) is 4.11. The van der Waals surface area contributed by atoms with Crippen molar-refractivity contribution in [3.8, 4) is 5.75 Å². The molecule has 3 N–H and O–H groups in total. The summed E-state index contributed by atoms with van der Waals surface area (Å²) in [7, 11) is 0. The van der Waals surface area contributed by atoms with Crippen LogP contribution in [0.5, 0.6) is 5.75 Å². The fourth-order valence-corrected chi connectivity index (χ4v) is 2.67. The smallest absolute Gasteiger partial charge is 0.270 e. The topological polar surface area (TPSA) is 104 Å². The molecule has 0 aliphatic rings. The largest absolute Gasteiger partial charge is 0.508 e. The number of nitrogens with zero attached hydrogens (tertiary/aromatic N) is 2. The molecule has 0 atom stereocenters. The molecular formula is C20H17ClN4O3. The molecule has 28 heavy (non-hydrogen) atoms. The standard InChI is InChI=1S/C20H17ClN4O3/c21-15-1-2-18(26)14(9-15)10-19(27)25-16-5-8-23-17(11-16)20(28)24-12-13-3-6-22-7-4-13/h1-9,11,26H,10,12H2,(H,24,28)(H,23,25,27). The number of benzene rings is 1. The molecule has 0 radical (unpaired) electrons. The lowest BCUT2D eigenvalue weighted by Crippen LogP contribution is -2.24. The SMILES string of the molecule is O=C(Cc1cc(Cl)ccc1O)Nc1ccnc(C(=O)NCc2ccncc2)c1. The van der Waals surface area contributed by atoms with Crippen molar-refractivity contribution in [3.63, 3.8) is 0 Å². The first kappa shape index (κ1) is 19.3. The molecule has 8 heteroatoms. The van der Waals surface area contributed by atoms with Gasteiger partial charge in [0.1, 0.15) is 11.4 Å². The van der Waals surface area contributed by atoms with E-state index in [0.717, 1.165) is 5.56 Å². The van der Waals surface area contributed by atoms with Gasteiger partial charge >= 0.3 is 0 Å². The van der Waals surface area contributed by atoms with Gasteiger partial charge in [-0.1, -0.05) is 11.6 Å². The second-order valence-corrected chi connectivity index (χ2v) is 6.40. The van der Waals surface area contributed by atoms with Gasteiger partial charge in [-0.05, 0) is 48.0 Å². The lowest BCUT2D eigenvalue weighted by Gasteiger charge is -2.09. The first-order valence-electron chi connectivity index (χ1n) is 8.41. The van der Waals surface area contributed by atoms with Gasteiger partial charge in [-0.2, -0.15) is 0 Å². The zero-order valence-corrected chi connectivity index (χ0v) is 15.5. The van der Waals surface area contributed by atoms with Crippen LogP contribution in [-0.2, 0) is 17.8 Å². The van der Waals surface area contributed by atoms with E-state index in [2.05, 4.69) is 20.6 Å². The average Bonchev–Trinajstić information content (AvgIpc) is 2.70. The number of hydrogen-bond donors (Lipinski definition) is 3. The molecule has 0 unspecified atom stereocenters. The van der Waals surface area contributed by atoms with E-state index in [4.69, 9.17) is 11.6 Å². The van der Waals surface area contributed by atoms with Crippen LogP contribution in [-0.4, -0.2) is 26.9 Å². The number of halogens is 1. The fraction of sp³-hybridized carbons (Fsp3) is 0.100. The highest BCUT2D eigenvalue weighted by molar-refractivity contribution is 6.30. The number of rotatable bonds is 6. The first-order chi connectivity index (χ1) is 13.5. The minimum atomic E-state index is -0.361. The maximum atomic E-state index is 12.3. The normalized spacial score (nSPS) is 10.3. The lowest BCUT2D eigenvalue weighted by atomic mass is 10.1. The van der Waals surface area contributed by atoms with Gasteiger partial charge < -0.3 is 15.7 Å². The molecule has 0 spiro atoms. The van der Waals surface area contributed by atoms with Crippen molar-refractivity contribution in [1.82, 2.24) is 15.3 Å². The predicted octanol–water partition coefficient (Wildman–Crippen LogP) is 2.95.